The summed E-state index contributed by atoms with van der Waals surface area (Å²) in [5, 5.41) is 3.49. The van der Waals surface area contributed by atoms with Crippen LogP contribution in [0.3, 0.4) is 0 Å². The molecule has 0 unspecified atom stereocenters. The van der Waals surface area contributed by atoms with E-state index >= 15 is 0 Å². The molecule has 0 fully saturated rings. The van der Waals surface area contributed by atoms with Gasteiger partial charge in [-0.1, -0.05) is 37.3 Å². The van der Waals surface area contributed by atoms with Crippen molar-refractivity contribution in [3.8, 4) is 0 Å². The lowest BCUT2D eigenvalue weighted by molar-refractivity contribution is 0.0987. The van der Waals surface area contributed by atoms with Crippen molar-refractivity contribution in [1.82, 2.24) is 0 Å². The molecule has 1 aliphatic rings. The Balaban J connectivity index is 1.51. The number of ketones is 1. The molecule has 1 amide bonds. The number of aryl methyl sites for hydroxylation is 1. The van der Waals surface area contributed by atoms with E-state index in [9.17, 15) is 9.59 Å². The van der Waals surface area contributed by atoms with Crippen LogP contribution in [0.15, 0.2) is 66.7 Å². The maximum absolute atomic E-state index is 13.2. The molecule has 0 aromatic heterocycles. The second-order valence-electron chi connectivity index (χ2n) is 7.67. The second-order valence-corrected chi connectivity index (χ2v) is 7.67. The molecule has 0 bridgehead atoms. The predicted octanol–water partition coefficient (Wildman–Crippen LogP) is 5.27. The Hall–Kier alpha value is -3.40. The molecule has 30 heavy (non-hydrogen) atoms. The van der Waals surface area contributed by atoms with Gasteiger partial charge in [0.2, 0.25) is 0 Å². The van der Waals surface area contributed by atoms with E-state index < -0.39 is 0 Å². The third-order valence-corrected chi connectivity index (χ3v) is 5.68. The van der Waals surface area contributed by atoms with Gasteiger partial charge in [0.15, 0.2) is 5.78 Å². The maximum atomic E-state index is 13.2. The lowest BCUT2D eigenvalue weighted by Gasteiger charge is -2.18. The zero-order chi connectivity index (χ0) is 21.1. The van der Waals surface area contributed by atoms with Crippen LogP contribution in [0.1, 0.15) is 51.3 Å². The summed E-state index contributed by atoms with van der Waals surface area (Å²) in [7, 11) is 0. The van der Waals surface area contributed by atoms with Gasteiger partial charge in [-0.05, 0) is 72.9 Å². The molecular weight excluding hydrogens is 372 g/mol. The minimum absolute atomic E-state index is 0.000123. The Kier molecular flexibility index (Phi) is 5.66. The van der Waals surface area contributed by atoms with E-state index in [0.717, 1.165) is 35.3 Å². The van der Waals surface area contributed by atoms with Gasteiger partial charge in [-0.2, -0.15) is 0 Å². The van der Waals surface area contributed by atoms with Crippen LogP contribution in [0.25, 0.3) is 0 Å². The highest BCUT2D eigenvalue weighted by Gasteiger charge is 2.26. The number of para-hydroxylation sites is 1. The topological polar surface area (TPSA) is 49.4 Å². The molecule has 0 radical (unpaired) electrons. The lowest BCUT2D eigenvalue weighted by Crippen LogP contribution is -2.29. The number of hydrogen-bond donors (Lipinski definition) is 1. The Bertz CT molecular complexity index is 1100. The largest absolute Gasteiger partial charge is 0.381 e. The van der Waals surface area contributed by atoms with Crippen molar-refractivity contribution >= 4 is 23.1 Å². The fourth-order valence-electron chi connectivity index (χ4n) is 4.00. The second kappa shape index (κ2) is 8.54. The molecule has 0 atom stereocenters. The average Bonchev–Trinajstić information content (AvgIpc) is 3.20. The Labute approximate surface area is 177 Å². The minimum atomic E-state index is 0.000123. The molecule has 0 saturated carbocycles. The molecule has 152 valence electrons. The standard InChI is InChI=1S/C26H26N2O2/c1-3-20-8-4-5-10-24(20)27-17-19-7-6-9-23(15-19)26(30)28-14-13-22-16-21(18(2)29)11-12-25(22)28/h4-12,15-16,27H,3,13-14,17H2,1-2H3. The summed E-state index contributed by atoms with van der Waals surface area (Å²) in [5.74, 6) is 0.0487. The first-order chi connectivity index (χ1) is 14.6. The Morgan fingerprint density at radius 2 is 1.80 bits per heavy atom. The zero-order valence-corrected chi connectivity index (χ0v) is 17.4. The summed E-state index contributed by atoms with van der Waals surface area (Å²) in [6, 6.07) is 21.7. The van der Waals surface area contributed by atoms with Crippen LogP contribution >= 0.6 is 0 Å². The Morgan fingerprint density at radius 1 is 0.967 bits per heavy atom. The number of Topliss-reactive ketones (excluding diaryl/α,β-unsaturated/α-hetero) is 1. The lowest BCUT2D eigenvalue weighted by atomic mass is 10.1. The van der Waals surface area contributed by atoms with Crippen LogP contribution in [-0.4, -0.2) is 18.2 Å². The first-order valence-electron chi connectivity index (χ1n) is 10.4. The SMILES string of the molecule is CCc1ccccc1NCc1cccc(C(=O)N2CCc3cc(C(C)=O)ccc32)c1. The molecule has 4 heteroatoms. The van der Waals surface area contributed by atoms with Gasteiger partial charge in [-0.25, -0.2) is 0 Å². The molecule has 1 aliphatic heterocycles. The minimum Gasteiger partial charge on any atom is -0.381 e. The van der Waals surface area contributed by atoms with E-state index in [1.54, 1.807) is 13.0 Å². The Morgan fingerprint density at radius 3 is 2.60 bits per heavy atom. The fraction of sp³-hybridized carbons (Fsp3) is 0.231. The van der Waals surface area contributed by atoms with Crippen LogP contribution in [-0.2, 0) is 19.4 Å². The number of amides is 1. The van der Waals surface area contributed by atoms with Gasteiger partial charge in [0.25, 0.3) is 5.91 Å². The quantitative estimate of drug-likeness (QED) is 0.576. The molecule has 4 nitrogen and oxygen atoms in total. The number of nitrogens with zero attached hydrogens (tertiary/aromatic N) is 1. The molecule has 3 aromatic carbocycles. The van der Waals surface area contributed by atoms with Crippen LogP contribution in [0.5, 0.6) is 0 Å². The zero-order valence-electron chi connectivity index (χ0n) is 17.4. The molecule has 0 spiro atoms. The van der Waals surface area contributed by atoms with Crippen molar-refractivity contribution in [1.29, 1.82) is 0 Å². The molecule has 1 N–H and O–H groups in total. The van der Waals surface area contributed by atoms with Crippen LogP contribution in [0, 0.1) is 0 Å². The summed E-state index contributed by atoms with van der Waals surface area (Å²) in [6.45, 7) is 5.02. The summed E-state index contributed by atoms with van der Waals surface area (Å²) in [5.41, 5.74) is 6.83. The monoisotopic (exact) mass is 398 g/mol. The summed E-state index contributed by atoms with van der Waals surface area (Å²) >= 11 is 0. The molecule has 0 saturated heterocycles. The molecule has 3 aromatic rings. The maximum Gasteiger partial charge on any atom is 0.258 e. The van der Waals surface area contributed by atoms with E-state index in [2.05, 4.69) is 30.4 Å². The number of carbonyl (C=O) groups excluding carboxylic acids is 2. The van der Waals surface area contributed by atoms with Crippen molar-refractivity contribution in [3.63, 3.8) is 0 Å². The molecular formula is C26H26N2O2. The van der Waals surface area contributed by atoms with Crippen LogP contribution in [0.2, 0.25) is 0 Å². The summed E-state index contributed by atoms with van der Waals surface area (Å²) < 4.78 is 0. The van der Waals surface area contributed by atoms with Crippen molar-refractivity contribution < 1.29 is 9.59 Å². The smallest absolute Gasteiger partial charge is 0.258 e. The number of benzene rings is 3. The first-order valence-corrected chi connectivity index (χ1v) is 10.4. The van der Waals surface area contributed by atoms with Gasteiger partial charge in [-0.15, -0.1) is 0 Å². The third-order valence-electron chi connectivity index (χ3n) is 5.68. The normalized spacial score (nSPS) is 12.5. The third kappa shape index (κ3) is 3.99. The van der Waals surface area contributed by atoms with Gasteiger partial charge in [-0.3, -0.25) is 9.59 Å². The van der Waals surface area contributed by atoms with Gasteiger partial charge < -0.3 is 10.2 Å². The van der Waals surface area contributed by atoms with Crippen molar-refractivity contribution in [2.75, 3.05) is 16.8 Å². The number of nitrogens with one attached hydrogen (secondary N) is 1. The highest BCUT2D eigenvalue weighted by atomic mass is 16.2. The highest BCUT2D eigenvalue weighted by Crippen LogP contribution is 2.30. The van der Waals surface area contributed by atoms with Crippen LogP contribution < -0.4 is 10.2 Å². The van der Waals surface area contributed by atoms with Gasteiger partial charge in [0.05, 0.1) is 0 Å². The highest BCUT2D eigenvalue weighted by molar-refractivity contribution is 6.07. The molecule has 1 heterocycles. The summed E-state index contributed by atoms with van der Waals surface area (Å²) in [6.07, 6.45) is 1.75. The van der Waals surface area contributed by atoms with E-state index in [-0.39, 0.29) is 11.7 Å². The molecule has 0 aliphatic carbocycles. The fourth-order valence-corrected chi connectivity index (χ4v) is 4.00. The van der Waals surface area contributed by atoms with Crippen molar-refractivity contribution in [2.24, 2.45) is 0 Å². The number of hydrogen-bond acceptors (Lipinski definition) is 3. The van der Waals surface area contributed by atoms with Crippen molar-refractivity contribution in [2.45, 2.75) is 33.2 Å². The number of rotatable bonds is 6. The number of fused-ring (bicyclic) bond motifs is 1. The van der Waals surface area contributed by atoms with Crippen LogP contribution in [0.4, 0.5) is 11.4 Å². The average molecular weight is 399 g/mol. The van der Waals surface area contributed by atoms with Crippen molar-refractivity contribution in [3.05, 3.63) is 94.5 Å². The van der Waals surface area contributed by atoms with E-state index in [1.807, 2.05) is 47.4 Å². The summed E-state index contributed by atoms with van der Waals surface area (Å²) in [4.78, 5) is 26.6. The van der Waals surface area contributed by atoms with E-state index in [1.165, 1.54) is 5.56 Å². The van der Waals surface area contributed by atoms with E-state index in [4.69, 9.17) is 0 Å². The first kappa shape index (κ1) is 19.9. The van der Waals surface area contributed by atoms with E-state index in [0.29, 0.717) is 24.2 Å². The van der Waals surface area contributed by atoms with Gasteiger partial charge in [0.1, 0.15) is 0 Å². The number of anilines is 2. The number of carbonyl (C=O) groups is 2. The van der Waals surface area contributed by atoms with Gasteiger partial charge in [0, 0.05) is 35.6 Å². The van der Waals surface area contributed by atoms with Gasteiger partial charge >= 0.3 is 0 Å². The predicted molar refractivity (Wildman–Crippen MR) is 121 cm³/mol. The molecule has 4 rings (SSSR count).